The summed E-state index contributed by atoms with van der Waals surface area (Å²) < 4.78 is 16.1. The van der Waals surface area contributed by atoms with Crippen LogP contribution in [0.2, 0.25) is 0 Å². The van der Waals surface area contributed by atoms with Crippen LogP contribution < -0.4 is 30.2 Å². The minimum atomic E-state index is -0.679. The van der Waals surface area contributed by atoms with Gasteiger partial charge >= 0.3 is 6.03 Å². The number of fused-ring (bicyclic) bond motifs is 1. The van der Waals surface area contributed by atoms with Crippen molar-refractivity contribution in [3.8, 4) is 17.2 Å². The number of anilines is 2. The number of ether oxygens (including phenoxy) is 3. The number of nitrogens with zero attached hydrogens (tertiary/aromatic N) is 1. The van der Waals surface area contributed by atoms with Crippen LogP contribution in [0.25, 0.3) is 0 Å². The second-order valence-corrected chi connectivity index (χ2v) is 6.91. The van der Waals surface area contributed by atoms with Gasteiger partial charge < -0.3 is 24.8 Å². The molecule has 0 aliphatic carbocycles. The number of urea groups is 1. The minimum absolute atomic E-state index is 0.0221. The number of hydrogen-bond acceptors (Lipinski definition) is 7. The first-order chi connectivity index (χ1) is 15.5. The van der Waals surface area contributed by atoms with E-state index in [1.807, 2.05) is 6.92 Å². The summed E-state index contributed by atoms with van der Waals surface area (Å²) in [5, 5.41) is 7.60. The van der Waals surface area contributed by atoms with Crippen LogP contribution in [0.3, 0.4) is 0 Å². The van der Waals surface area contributed by atoms with Crippen molar-refractivity contribution in [3.63, 3.8) is 0 Å². The van der Waals surface area contributed by atoms with Gasteiger partial charge in [0.1, 0.15) is 19.0 Å². The van der Waals surface area contributed by atoms with Gasteiger partial charge in [-0.3, -0.25) is 19.8 Å². The second kappa shape index (κ2) is 11.0. The lowest BCUT2D eigenvalue weighted by molar-refractivity contribution is -0.122. The van der Waals surface area contributed by atoms with Crippen molar-refractivity contribution in [3.05, 3.63) is 42.5 Å². The molecule has 3 N–H and O–H groups in total. The SMILES string of the molecule is CCN(CC(=O)NC(=O)Nc1ccc2c(c1)OCCO2)CC(=O)Nc1ccccc1OC. The molecule has 170 valence electrons. The number of carbonyl (C=O) groups excluding carboxylic acids is 3. The molecule has 1 aliphatic rings. The van der Waals surface area contributed by atoms with Crippen molar-refractivity contribution in [1.82, 2.24) is 10.2 Å². The monoisotopic (exact) mass is 442 g/mol. The molecule has 0 aromatic heterocycles. The maximum absolute atomic E-state index is 12.4. The normalized spacial score (nSPS) is 12.1. The van der Waals surface area contributed by atoms with Crippen LogP contribution >= 0.6 is 0 Å². The number of benzene rings is 2. The Morgan fingerprint density at radius 1 is 0.969 bits per heavy atom. The average molecular weight is 442 g/mol. The van der Waals surface area contributed by atoms with Gasteiger partial charge in [-0.2, -0.15) is 0 Å². The van der Waals surface area contributed by atoms with Gasteiger partial charge in [0.15, 0.2) is 11.5 Å². The highest BCUT2D eigenvalue weighted by Crippen LogP contribution is 2.32. The van der Waals surface area contributed by atoms with E-state index >= 15 is 0 Å². The summed E-state index contributed by atoms with van der Waals surface area (Å²) >= 11 is 0. The zero-order valence-corrected chi connectivity index (χ0v) is 18.0. The van der Waals surface area contributed by atoms with Gasteiger partial charge in [-0.15, -0.1) is 0 Å². The molecule has 10 nitrogen and oxygen atoms in total. The molecule has 0 saturated heterocycles. The van der Waals surface area contributed by atoms with Crippen LogP contribution in [0, 0.1) is 0 Å². The molecule has 2 aromatic rings. The molecule has 0 saturated carbocycles. The first-order valence-electron chi connectivity index (χ1n) is 10.1. The molecule has 0 fully saturated rings. The lowest BCUT2D eigenvalue weighted by Gasteiger charge is -2.20. The van der Waals surface area contributed by atoms with Crippen LogP contribution in [0.1, 0.15) is 6.92 Å². The summed E-state index contributed by atoms with van der Waals surface area (Å²) in [6, 6.07) is 11.3. The van der Waals surface area contributed by atoms with Gasteiger partial charge in [-0.05, 0) is 30.8 Å². The van der Waals surface area contributed by atoms with Crippen LogP contribution in [-0.4, -0.2) is 62.7 Å². The van der Waals surface area contributed by atoms with E-state index in [-0.39, 0.29) is 19.0 Å². The maximum atomic E-state index is 12.4. The fraction of sp³-hybridized carbons (Fsp3) is 0.318. The highest BCUT2D eigenvalue weighted by atomic mass is 16.6. The average Bonchev–Trinajstić information content (AvgIpc) is 2.78. The molecule has 3 rings (SSSR count). The number of para-hydroxylation sites is 2. The molecule has 1 heterocycles. The third-order valence-corrected chi connectivity index (χ3v) is 4.62. The number of amides is 4. The Kier molecular flexibility index (Phi) is 7.87. The van der Waals surface area contributed by atoms with Crippen molar-refractivity contribution in [2.45, 2.75) is 6.92 Å². The summed E-state index contributed by atoms with van der Waals surface area (Å²) in [6.07, 6.45) is 0. The molecule has 0 spiro atoms. The molecular weight excluding hydrogens is 416 g/mol. The second-order valence-electron chi connectivity index (χ2n) is 6.91. The number of hydrogen-bond donors (Lipinski definition) is 3. The van der Waals surface area contributed by atoms with Crippen molar-refractivity contribution >= 4 is 29.2 Å². The standard InChI is InChI=1S/C22H26N4O6/c1-3-26(13-20(27)24-16-6-4-5-7-17(16)30-2)14-21(28)25-22(29)23-15-8-9-18-19(12-15)32-11-10-31-18/h4-9,12H,3,10-11,13-14H2,1-2H3,(H,24,27)(H2,23,25,28,29). The zero-order valence-electron chi connectivity index (χ0n) is 18.0. The number of likely N-dealkylation sites (N-methyl/N-ethyl adjacent to an activating group) is 1. The van der Waals surface area contributed by atoms with Gasteiger partial charge in [0.2, 0.25) is 11.8 Å². The van der Waals surface area contributed by atoms with Crippen LogP contribution in [0.4, 0.5) is 16.2 Å². The molecule has 1 aliphatic heterocycles. The lowest BCUT2D eigenvalue weighted by atomic mass is 10.2. The summed E-state index contributed by atoms with van der Waals surface area (Å²) in [5.41, 5.74) is 1.00. The summed E-state index contributed by atoms with van der Waals surface area (Å²) in [5.74, 6) is 0.830. The summed E-state index contributed by atoms with van der Waals surface area (Å²) in [4.78, 5) is 38.4. The summed E-state index contributed by atoms with van der Waals surface area (Å²) in [7, 11) is 1.52. The Hall–Kier alpha value is -3.79. The molecule has 32 heavy (non-hydrogen) atoms. The van der Waals surface area contributed by atoms with E-state index in [0.29, 0.717) is 48.4 Å². The first-order valence-corrected chi connectivity index (χ1v) is 10.1. The largest absolute Gasteiger partial charge is 0.495 e. The topological polar surface area (TPSA) is 118 Å². The van der Waals surface area contributed by atoms with E-state index in [0.717, 1.165) is 0 Å². The molecule has 0 atom stereocenters. The number of carbonyl (C=O) groups is 3. The van der Waals surface area contributed by atoms with E-state index in [1.54, 1.807) is 47.4 Å². The lowest BCUT2D eigenvalue weighted by Crippen LogP contribution is -2.44. The maximum Gasteiger partial charge on any atom is 0.325 e. The van der Waals surface area contributed by atoms with Gasteiger partial charge in [-0.1, -0.05) is 19.1 Å². The predicted octanol–water partition coefficient (Wildman–Crippen LogP) is 2.08. The summed E-state index contributed by atoms with van der Waals surface area (Å²) in [6.45, 7) is 3.02. The Morgan fingerprint density at radius 3 is 2.44 bits per heavy atom. The Morgan fingerprint density at radius 2 is 1.69 bits per heavy atom. The number of methoxy groups -OCH3 is 1. The molecular formula is C22H26N4O6. The number of nitrogens with one attached hydrogen (secondary N) is 3. The number of rotatable bonds is 8. The molecule has 0 bridgehead atoms. The van der Waals surface area contributed by atoms with E-state index in [9.17, 15) is 14.4 Å². The van der Waals surface area contributed by atoms with E-state index < -0.39 is 11.9 Å². The van der Waals surface area contributed by atoms with Crippen LogP contribution in [-0.2, 0) is 9.59 Å². The number of imide groups is 1. The van der Waals surface area contributed by atoms with Crippen molar-refractivity contribution in [2.75, 3.05) is 50.6 Å². The quantitative estimate of drug-likeness (QED) is 0.573. The van der Waals surface area contributed by atoms with E-state index in [2.05, 4.69) is 16.0 Å². The third-order valence-electron chi connectivity index (χ3n) is 4.62. The highest BCUT2D eigenvalue weighted by molar-refractivity contribution is 6.02. The Labute approximate surface area is 185 Å². The molecule has 0 unspecified atom stereocenters. The van der Waals surface area contributed by atoms with Crippen molar-refractivity contribution in [1.29, 1.82) is 0 Å². The molecule has 10 heteroatoms. The fourth-order valence-electron chi connectivity index (χ4n) is 3.07. The van der Waals surface area contributed by atoms with E-state index in [1.165, 1.54) is 7.11 Å². The first kappa shape index (κ1) is 22.9. The predicted molar refractivity (Wildman–Crippen MR) is 118 cm³/mol. The van der Waals surface area contributed by atoms with Crippen LogP contribution in [0.5, 0.6) is 17.2 Å². The zero-order chi connectivity index (χ0) is 22.9. The van der Waals surface area contributed by atoms with Gasteiger partial charge in [0.05, 0.1) is 25.9 Å². The molecule has 4 amide bonds. The Bertz CT molecular complexity index is 981. The highest BCUT2D eigenvalue weighted by Gasteiger charge is 2.17. The van der Waals surface area contributed by atoms with E-state index in [4.69, 9.17) is 14.2 Å². The van der Waals surface area contributed by atoms with Gasteiger partial charge in [-0.25, -0.2) is 4.79 Å². The van der Waals surface area contributed by atoms with Crippen molar-refractivity contribution in [2.24, 2.45) is 0 Å². The van der Waals surface area contributed by atoms with Crippen molar-refractivity contribution < 1.29 is 28.6 Å². The minimum Gasteiger partial charge on any atom is -0.495 e. The molecule has 2 aromatic carbocycles. The smallest absolute Gasteiger partial charge is 0.325 e. The van der Waals surface area contributed by atoms with Crippen LogP contribution in [0.15, 0.2) is 42.5 Å². The third kappa shape index (κ3) is 6.35. The Balaban J connectivity index is 1.48. The fourth-order valence-corrected chi connectivity index (χ4v) is 3.07. The van der Waals surface area contributed by atoms with Gasteiger partial charge in [0.25, 0.3) is 0 Å². The molecule has 0 radical (unpaired) electrons. The van der Waals surface area contributed by atoms with Gasteiger partial charge in [0, 0.05) is 11.8 Å².